The highest BCUT2D eigenvalue weighted by Gasteiger charge is 2.22. The number of hydrogen-bond donors (Lipinski definition) is 5. The molecular weight excluding hydrogens is 957 g/mol. The van der Waals surface area contributed by atoms with Crippen LogP contribution in [0.3, 0.4) is 0 Å². The van der Waals surface area contributed by atoms with Crippen molar-refractivity contribution < 1.29 is 29.3 Å². The van der Waals surface area contributed by atoms with Crippen LogP contribution in [-0.2, 0) is 9.53 Å². The van der Waals surface area contributed by atoms with E-state index in [1.165, 1.54) is 19.1 Å². The lowest BCUT2D eigenvalue weighted by molar-refractivity contribution is -0.114. The molecule has 0 bridgehead atoms. The van der Waals surface area contributed by atoms with Crippen LogP contribution in [0.15, 0.2) is 48.4 Å². The molecule has 3 heterocycles. The van der Waals surface area contributed by atoms with E-state index in [0.717, 1.165) is 0 Å². The highest BCUT2D eigenvalue weighted by atomic mass is 35.5. The van der Waals surface area contributed by atoms with Gasteiger partial charge in [-0.05, 0) is 42.9 Å². The molecule has 5 N–H and O–H groups in total. The molecular formula is C36H28Cl6N12O9. The molecule has 0 aliphatic carbocycles. The molecule has 0 saturated heterocycles. The average Bonchev–Trinajstić information content (AvgIpc) is 3.26. The molecule has 0 radical (unpaired) electrons. The van der Waals surface area contributed by atoms with Gasteiger partial charge < -0.3 is 14.2 Å². The smallest absolute Gasteiger partial charge is 0.414 e. The molecule has 0 unspecified atom stereocenters. The molecule has 27 heteroatoms. The number of ether oxygens (including phenoxy) is 3. The van der Waals surface area contributed by atoms with Crippen LogP contribution in [-0.4, -0.2) is 59.5 Å². The van der Waals surface area contributed by atoms with Crippen LogP contribution in [0.4, 0.5) is 10.5 Å². The van der Waals surface area contributed by atoms with Crippen LogP contribution in [0.2, 0.25) is 30.1 Å². The number of alkyl carbamates (subject to hydrolysis) is 1. The van der Waals surface area contributed by atoms with E-state index in [1.54, 1.807) is 33.0 Å². The highest BCUT2D eigenvalue weighted by molar-refractivity contribution is 6.47. The third-order valence-electron chi connectivity index (χ3n) is 7.37. The summed E-state index contributed by atoms with van der Waals surface area (Å²) in [6.07, 6.45) is -1.09. The number of imide groups is 1. The molecule has 0 atom stereocenters. The summed E-state index contributed by atoms with van der Waals surface area (Å²) in [6, 6.07) is 0.642. The zero-order valence-corrected chi connectivity index (χ0v) is 37.0. The van der Waals surface area contributed by atoms with E-state index >= 15 is 0 Å². The van der Waals surface area contributed by atoms with Gasteiger partial charge in [-0.25, -0.2) is 19.8 Å². The maximum absolute atomic E-state index is 12.2. The van der Waals surface area contributed by atoms with Gasteiger partial charge in [0.05, 0.1) is 43.6 Å². The highest BCUT2D eigenvalue weighted by Crippen LogP contribution is 2.42. The molecule has 0 aliphatic rings. The number of aromatic nitrogens is 7. The second kappa shape index (κ2) is 21.6. The van der Waals surface area contributed by atoms with Crippen molar-refractivity contribution in [1.29, 1.82) is 10.5 Å². The first-order valence-electron chi connectivity index (χ1n) is 19.2. The fourth-order valence-electron chi connectivity index (χ4n) is 4.64. The van der Waals surface area contributed by atoms with Crippen molar-refractivity contribution in [1.82, 2.24) is 40.5 Å². The van der Waals surface area contributed by atoms with Crippen molar-refractivity contribution in [2.45, 2.75) is 46.5 Å². The number of H-pyrrole nitrogens is 3. The summed E-state index contributed by atoms with van der Waals surface area (Å²) in [5.74, 6) is -3.03. The van der Waals surface area contributed by atoms with E-state index in [9.17, 15) is 28.8 Å². The van der Waals surface area contributed by atoms with Crippen molar-refractivity contribution in [3.05, 3.63) is 113 Å². The number of benzene rings is 2. The minimum atomic E-state index is -1.19. The Kier molecular flexibility index (Phi) is 14.8. The number of halogens is 6. The Balaban J connectivity index is 0.000000293. The van der Waals surface area contributed by atoms with Crippen molar-refractivity contribution in [2.75, 3.05) is 12.0 Å². The molecule has 0 fully saturated rings. The molecule has 2 aromatic carbocycles. The maximum atomic E-state index is 12.2. The van der Waals surface area contributed by atoms with Crippen LogP contribution in [0, 0.1) is 22.7 Å². The molecule has 5 aromatic rings. The fraction of sp³-hybridized carbons (Fsp3) is 0.222. The van der Waals surface area contributed by atoms with Crippen LogP contribution < -0.4 is 42.6 Å². The quantitative estimate of drug-likeness (QED) is 0.0660. The van der Waals surface area contributed by atoms with E-state index < -0.39 is 95.7 Å². The van der Waals surface area contributed by atoms with Gasteiger partial charge in [-0.2, -0.15) is 20.3 Å². The number of carbonyl (C=O) groups is 2. The number of nitrogens with one attached hydrogen (secondary N) is 5. The third-order valence-corrected chi connectivity index (χ3v) is 9.16. The Labute approximate surface area is 389 Å². The van der Waals surface area contributed by atoms with Gasteiger partial charge in [-0.1, -0.05) is 97.3 Å². The van der Waals surface area contributed by atoms with E-state index in [1.807, 2.05) is 4.98 Å². The van der Waals surface area contributed by atoms with Gasteiger partial charge in [-0.15, -0.1) is 15.3 Å². The summed E-state index contributed by atoms with van der Waals surface area (Å²) in [7, 11) is 0. The molecule has 3 aromatic heterocycles. The zero-order valence-electron chi connectivity index (χ0n) is 36.4. The first-order valence-corrected chi connectivity index (χ1v) is 19.4. The van der Waals surface area contributed by atoms with Crippen molar-refractivity contribution in [2.24, 2.45) is 5.10 Å². The van der Waals surface area contributed by atoms with Crippen LogP contribution in [0.1, 0.15) is 68.8 Å². The summed E-state index contributed by atoms with van der Waals surface area (Å²) in [6.45, 7) is 8.42. The van der Waals surface area contributed by atoms with Gasteiger partial charge in [0.25, 0.3) is 34.3 Å². The lowest BCUT2D eigenvalue weighted by atomic mass is 10.1. The SMILES string of the molecule is [2H]c1c(Cl)c(Oc2n[nH]c(=O)c(C(C)C)c2Cl)c(Cl)c([2H])c1-n1nc(C#N)c(=O)[nH]c1=O.[2H]c1c(Cl)c(Oc2n[nH]c(=O)c(C(C)C)c2Cl)c(Cl)c([2H])c1N/N=C(\C#N)C(=O)NC(=O)OCC. The first kappa shape index (κ1) is 43.2. The van der Waals surface area contributed by atoms with Gasteiger partial charge in [0.2, 0.25) is 11.4 Å². The largest absolute Gasteiger partial charge is 0.450 e. The lowest BCUT2D eigenvalue weighted by Crippen LogP contribution is -2.36. The molecule has 21 nitrogen and oxygen atoms in total. The van der Waals surface area contributed by atoms with Gasteiger partial charge in [0, 0.05) is 11.1 Å². The zero-order chi connectivity index (χ0) is 50.3. The van der Waals surface area contributed by atoms with Crippen molar-refractivity contribution in [3.8, 4) is 41.1 Å². The summed E-state index contributed by atoms with van der Waals surface area (Å²) < 4.78 is 49.1. The maximum Gasteiger partial charge on any atom is 0.414 e. The third kappa shape index (κ3) is 11.9. The number of carbonyl (C=O) groups excluding carboxylic acids is 2. The predicted molar refractivity (Wildman–Crippen MR) is 232 cm³/mol. The van der Waals surface area contributed by atoms with Gasteiger partial charge in [0.15, 0.2) is 11.5 Å². The number of hydrogen-bond acceptors (Lipinski definition) is 16. The standard InChI is InChI=1S/C19H17Cl3N6O5.C17H11Cl3N6O4/c1-4-32-19(31)24-16(29)12(7-23)26-25-9-5-10(20)15(11(21)6-9)33-18-14(22)13(8(2)3)17(30)27-28-18;1-6(2)11-12(20)16(24-23-15(11)28)30-13-8(18)3-7(4-9(13)19)26-17(29)22-14(27)10(5-21)25-26/h5-6,8,25H,4H2,1-3H3,(H,27,30)(H,24,29,31);3-4,6H,1-2H3,(H,23,28)(H,22,27,29)/b26-12+;/i5D,6D;3D,4D. The van der Waals surface area contributed by atoms with Gasteiger partial charge in [0.1, 0.15) is 22.2 Å². The molecule has 0 saturated carbocycles. The van der Waals surface area contributed by atoms with Gasteiger partial charge >= 0.3 is 11.8 Å². The average molecular weight is 989 g/mol. The Bertz CT molecular complexity index is 3150. The first-order chi connectivity index (χ1) is 31.4. The fourth-order valence-corrected chi connectivity index (χ4v) is 6.41. The Morgan fingerprint density at radius 1 is 0.825 bits per heavy atom. The number of anilines is 1. The van der Waals surface area contributed by atoms with Crippen molar-refractivity contribution >= 4 is 93.0 Å². The molecule has 328 valence electrons. The summed E-state index contributed by atoms with van der Waals surface area (Å²) in [5, 5.41) is 37.0. The molecule has 0 aliphatic heterocycles. The number of rotatable bonds is 11. The number of aromatic amines is 3. The Morgan fingerprint density at radius 2 is 1.30 bits per heavy atom. The van der Waals surface area contributed by atoms with E-state index in [-0.39, 0.29) is 68.6 Å². The van der Waals surface area contributed by atoms with E-state index in [0.29, 0.717) is 4.68 Å². The topological polar surface area (TPSA) is 305 Å². The predicted octanol–water partition coefficient (Wildman–Crippen LogP) is 6.96. The normalized spacial score (nSPS) is 11.8. The number of amides is 2. The number of nitrogens with zero attached hydrogens (tertiary/aromatic N) is 7. The molecule has 5 rings (SSSR count). The summed E-state index contributed by atoms with van der Waals surface area (Å²) >= 11 is 37.3. The number of hydrazone groups is 1. The van der Waals surface area contributed by atoms with Gasteiger partial charge in [-0.3, -0.25) is 34.9 Å². The second-order valence-electron chi connectivity index (χ2n) is 12.3. The van der Waals surface area contributed by atoms with Crippen LogP contribution in [0.5, 0.6) is 23.3 Å². The molecule has 0 spiro atoms. The Hall–Kier alpha value is -6.46. The monoisotopic (exact) mass is 986 g/mol. The minimum Gasteiger partial charge on any atom is -0.450 e. The minimum absolute atomic E-state index is 0.00913. The van der Waals surface area contributed by atoms with Crippen LogP contribution in [0.25, 0.3) is 5.69 Å². The summed E-state index contributed by atoms with van der Waals surface area (Å²) in [5.41, 5.74) is -3.00. The lowest BCUT2D eigenvalue weighted by Gasteiger charge is -2.14. The van der Waals surface area contributed by atoms with E-state index in [2.05, 4.69) is 40.8 Å². The Morgan fingerprint density at radius 3 is 1.73 bits per heavy atom. The second-order valence-corrected chi connectivity index (χ2v) is 14.6. The van der Waals surface area contributed by atoms with E-state index in [4.69, 9.17) is 95.1 Å². The van der Waals surface area contributed by atoms with Crippen LogP contribution >= 0.6 is 69.6 Å². The van der Waals surface area contributed by atoms with Crippen molar-refractivity contribution in [3.63, 3.8) is 0 Å². The molecule has 63 heavy (non-hydrogen) atoms. The molecule has 2 amide bonds. The number of nitriles is 2. The summed E-state index contributed by atoms with van der Waals surface area (Å²) in [4.78, 5) is 72.9.